The lowest BCUT2D eigenvalue weighted by Crippen LogP contribution is -2.51. The average molecular weight is 421 g/mol. The number of anilines is 1. The van der Waals surface area contributed by atoms with Gasteiger partial charge < -0.3 is 9.80 Å². The van der Waals surface area contributed by atoms with Gasteiger partial charge in [0.15, 0.2) is 0 Å². The molecule has 2 aliphatic heterocycles. The Morgan fingerprint density at radius 3 is 2.58 bits per heavy atom. The zero-order valence-corrected chi connectivity index (χ0v) is 18.8. The highest BCUT2D eigenvalue weighted by Crippen LogP contribution is 2.33. The standard InChI is InChI=1S/C24H32N6O/c1-17-12-19(13-22(31)18(2)29-10-8-28(3)9-11-29)16-30(15-17)21-5-4-20(14-25)23-24(21)27-7-6-26-23/h4-7,17-19H,8-13,15-16H2,1-3H3/t17-,18+,19-/m0/s1. The van der Waals surface area contributed by atoms with Gasteiger partial charge in [0.1, 0.15) is 22.9 Å². The number of rotatable bonds is 5. The van der Waals surface area contributed by atoms with E-state index in [0.717, 1.165) is 56.9 Å². The second kappa shape index (κ2) is 9.29. The minimum absolute atomic E-state index is 0.0130. The largest absolute Gasteiger partial charge is 0.369 e. The van der Waals surface area contributed by atoms with Gasteiger partial charge in [0.25, 0.3) is 0 Å². The molecule has 0 saturated carbocycles. The summed E-state index contributed by atoms with van der Waals surface area (Å²) in [6.45, 7) is 10.1. The van der Waals surface area contributed by atoms with Crippen LogP contribution in [0.15, 0.2) is 24.5 Å². The Hall–Kier alpha value is -2.56. The van der Waals surface area contributed by atoms with E-state index in [1.165, 1.54) is 0 Å². The highest BCUT2D eigenvalue weighted by Gasteiger charge is 2.31. The predicted molar refractivity (Wildman–Crippen MR) is 122 cm³/mol. The van der Waals surface area contributed by atoms with Crippen LogP contribution in [0.2, 0.25) is 0 Å². The summed E-state index contributed by atoms with van der Waals surface area (Å²) in [5, 5.41) is 9.42. The molecule has 1 aromatic heterocycles. The van der Waals surface area contributed by atoms with E-state index in [1.807, 2.05) is 12.1 Å². The molecule has 2 aliphatic rings. The topological polar surface area (TPSA) is 76.4 Å². The van der Waals surface area contributed by atoms with Crippen molar-refractivity contribution in [3.63, 3.8) is 0 Å². The molecule has 0 spiro atoms. The first-order chi connectivity index (χ1) is 15.0. The summed E-state index contributed by atoms with van der Waals surface area (Å²) in [5.41, 5.74) is 2.98. The summed E-state index contributed by atoms with van der Waals surface area (Å²) in [4.78, 5) is 29.0. The number of piperidine rings is 1. The van der Waals surface area contributed by atoms with Crippen LogP contribution in [-0.4, -0.2) is 77.9 Å². The Balaban J connectivity index is 1.48. The number of carbonyl (C=O) groups excluding carboxylic acids is 1. The number of ketones is 1. The Kier molecular flexibility index (Phi) is 6.49. The third-order valence-electron chi connectivity index (χ3n) is 6.85. The summed E-state index contributed by atoms with van der Waals surface area (Å²) in [6, 6.07) is 6.02. The van der Waals surface area contributed by atoms with E-state index in [2.05, 4.69) is 51.6 Å². The molecule has 0 bridgehead atoms. The van der Waals surface area contributed by atoms with Gasteiger partial charge >= 0.3 is 0 Å². The Morgan fingerprint density at radius 2 is 1.87 bits per heavy atom. The van der Waals surface area contributed by atoms with Crippen LogP contribution in [0, 0.1) is 23.2 Å². The molecule has 164 valence electrons. The van der Waals surface area contributed by atoms with Crippen LogP contribution in [0.4, 0.5) is 5.69 Å². The molecule has 2 aromatic rings. The third kappa shape index (κ3) is 4.70. The number of benzene rings is 1. The van der Waals surface area contributed by atoms with Crippen molar-refractivity contribution >= 4 is 22.5 Å². The molecular weight excluding hydrogens is 388 g/mol. The number of likely N-dealkylation sites (N-methyl/N-ethyl adjacent to an activating group) is 1. The molecule has 0 aliphatic carbocycles. The Labute approximate surface area is 184 Å². The van der Waals surface area contributed by atoms with Crippen molar-refractivity contribution in [3.8, 4) is 6.07 Å². The molecule has 1 aromatic carbocycles. The second-order valence-electron chi connectivity index (χ2n) is 9.30. The highest BCUT2D eigenvalue weighted by atomic mass is 16.1. The van der Waals surface area contributed by atoms with Crippen molar-refractivity contribution in [1.82, 2.24) is 19.8 Å². The number of nitrogens with zero attached hydrogens (tertiary/aromatic N) is 6. The minimum atomic E-state index is -0.0130. The molecule has 0 unspecified atom stereocenters. The number of nitriles is 1. The van der Waals surface area contributed by atoms with Gasteiger partial charge in [-0.25, -0.2) is 0 Å². The molecule has 4 rings (SSSR count). The Morgan fingerprint density at radius 1 is 1.16 bits per heavy atom. The number of aromatic nitrogens is 2. The maximum atomic E-state index is 13.1. The maximum Gasteiger partial charge on any atom is 0.150 e. The number of hydrogen-bond donors (Lipinski definition) is 0. The second-order valence-corrected chi connectivity index (χ2v) is 9.30. The Bertz CT molecular complexity index is 978. The summed E-state index contributed by atoms with van der Waals surface area (Å²) < 4.78 is 0. The zero-order valence-electron chi connectivity index (χ0n) is 18.8. The van der Waals surface area contributed by atoms with Crippen LogP contribution in [0.25, 0.3) is 11.0 Å². The minimum Gasteiger partial charge on any atom is -0.369 e. The molecule has 31 heavy (non-hydrogen) atoms. The monoisotopic (exact) mass is 420 g/mol. The first-order valence-corrected chi connectivity index (χ1v) is 11.3. The van der Waals surface area contributed by atoms with E-state index in [1.54, 1.807) is 12.4 Å². The lowest BCUT2D eigenvalue weighted by molar-refractivity contribution is -0.125. The number of carbonyl (C=O) groups is 1. The molecule has 2 saturated heterocycles. The smallest absolute Gasteiger partial charge is 0.150 e. The summed E-state index contributed by atoms with van der Waals surface area (Å²) in [6.07, 6.45) is 5.00. The fraction of sp³-hybridized carbons (Fsp3) is 0.583. The summed E-state index contributed by atoms with van der Waals surface area (Å²) in [5.74, 6) is 1.18. The van der Waals surface area contributed by atoms with Crippen LogP contribution in [0.5, 0.6) is 0 Å². The fourth-order valence-electron chi connectivity index (χ4n) is 5.08. The maximum absolute atomic E-state index is 13.1. The van der Waals surface area contributed by atoms with Gasteiger partial charge in [-0.2, -0.15) is 5.26 Å². The molecule has 7 heteroatoms. The van der Waals surface area contributed by atoms with Gasteiger partial charge in [0.2, 0.25) is 0 Å². The lowest BCUT2D eigenvalue weighted by Gasteiger charge is -2.39. The number of fused-ring (bicyclic) bond motifs is 1. The van der Waals surface area contributed by atoms with Crippen LogP contribution < -0.4 is 4.90 Å². The van der Waals surface area contributed by atoms with Crippen LogP contribution in [0.3, 0.4) is 0 Å². The number of hydrogen-bond acceptors (Lipinski definition) is 7. The third-order valence-corrected chi connectivity index (χ3v) is 6.85. The van der Waals surface area contributed by atoms with Crippen molar-refractivity contribution in [1.29, 1.82) is 5.26 Å². The van der Waals surface area contributed by atoms with Gasteiger partial charge in [0.05, 0.1) is 17.3 Å². The van der Waals surface area contributed by atoms with Crippen molar-refractivity contribution in [2.75, 3.05) is 51.2 Å². The summed E-state index contributed by atoms with van der Waals surface area (Å²) in [7, 11) is 2.14. The molecule has 0 N–H and O–H groups in total. The first-order valence-electron chi connectivity index (χ1n) is 11.3. The quantitative estimate of drug-likeness (QED) is 0.736. The van der Waals surface area contributed by atoms with E-state index in [-0.39, 0.29) is 6.04 Å². The van der Waals surface area contributed by atoms with E-state index in [0.29, 0.717) is 35.1 Å². The first kappa shape index (κ1) is 21.7. The van der Waals surface area contributed by atoms with Crippen LogP contribution in [0.1, 0.15) is 32.3 Å². The van der Waals surface area contributed by atoms with Crippen molar-refractivity contribution < 1.29 is 4.79 Å². The van der Waals surface area contributed by atoms with Crippen molar-refractivity contribution in [3.05, 3.63) is 30.1 Å². The summed E-state index contributed by atoms with van der Waals surface area (Å²) >= 11 is 0. The highest BCUT2D eigenvalue weighted by molar-refractivity contribution is 5.92. The van der Waals surface area contributed by atoms with E-state index >= 15 is 0 Å². The van der Waals surface area contributed by atoms with Crippen LogP contribution in [-0.2, 0) is 4.79 Å². The SMILES string of the molecule is C[C@H]1C[C@@H](CC(=O)[C@@H](C)N2CCN(C)CC2)CN(c2ccc(C#N)c3nccnc23)C1. The molecule has 0 radical (unpaired) electrons. The van der Waals surface area contributed by atoms with Crippen molar-refractivity contribution in [2.24, 2.45) is 11.8 Å². The molecular formula is C24H32N6O. The van der Waals surface area contributed by atoms with Gasteiger partial charge in [0, 0.05) is 58.1 Å². The fourth-order valence-corrected chi connectivity index (χ4v) is 5.08. The van der Waals surface area contributed by atoms with E-state index in [4.69, 9.17) is 0 Å². The molecule has 0 amide bonds. The van der Waals surface area contributed by atoms with E-state index < -0.39 is 0 Å². The van der Waals surface area contributed by atoms with Gasteiger partial charge in [-0.05, 0) is 44.4 Å². The molecule has 3 atom stereocenters. The normalized spacial score (nSPS) is 24.1. The van der Waals surface area contributed by atoms with Gasteiger partial charge in [-0.1, -0.05) is 6.92 Å². The molecule has 3 heterocycles. The van der Waals surface area contributed by atoms with Crippen LogP contribution >= 0.6 is 0 Å². The molecule has 7 nitrogen and oxygen atoms in total. The number of piperazine rings is 1. The van der Waals surface area contributed by atoms with Crippen molar-refractivity contribution in [2.45, 2.75) is 32.7 Å². The lowest BCUT2D eigenvalue weighted by atomic mass is 9.85. The average Bonchev–Trinajstić information content (AvgIpc) is 2.78. The van der Waals surface area contributed by atoms with E-state index in [9.17, 15) is 10.1 Å². The zero-order chi connectivity index (χ0) is 22.0. The number of Topliss-reactive ketones (excluding diaryl/α,β-unsaturated/α-hetero) is 1. The van der Waals surface area contributed by atoms with Gasteiger partial charge in [-0.3, -0.25) is 19.7 Å². The molecule has 2 fully saturated rings. The van der Waals surface area contributed by atoms with Gasteiger partial charge in [-0.15, -0.1) is 0 Å². The predicted octanol–water partition coefficient (Wildman–Crippen LogP) is 2.56.